The van der Waals surface area contributed by atoms with Gasteiger partial charge in [-0.3, -0.25) is 0 Å². The molecule has 1 aromatic rings. The molecule has 0 fully saturated rings. The summed E-state index contributed by atoms with van der Waals surface area (Å²) >= 11 is 0. The molecule has 0 aliphatic heterocycles. The van der Waals surface area contributed by atoms with E-state index < -0.39 is 40.5 Å². The van der Waals surface area contributed by atoms with Crippen molar-refractivity contribution in [3.05, 3.63) is 28.8 Å². The van der Waals surface area contributed by atoms with E-state index in [9.17, 15) is 17.6 Å². The average molecular weight is 208 g/mol. The minimum Gasteiger partial charge on any atom is -0.503 e. The molecule has 1 nitrogen and oxygen atoms in total. The highest BCUT2D eigenvalue weighted by Gasteiger charge is 2.26. The third-order valence-electron chi connectivity index (χ3n) is 1.85. The maximum absolute atomic E-state index is 13.0. The van der Waals surface area contributed by atoms with Gasteiger partial charge in [0.2, 0.25) is 11.6 Å². The van der Waals surface area contributed by atoms with Crippen LogP contribution in [-0.2, 0) is 0 Å². The number of phenols is 1. The molecule has 0 aliphatic carbocycles. The Morgan fingerprint density at radius 3 is 1.50 bits per heavy atom. The van der Waals surface area contributed by atoms with E-state index in [1.165, 1.54) is 13.8 Å². The van der Waals surface area contributed by atoms with Gasteiger partial charge in [-0.25, -0.2) is 8.78 Å². The van der Waals surface area contributed by atoms with Gasteiger partial charge >= 0.3 is 0 Å². The van der Waals surface area contributed by atoms with Crippen molar-refractivity contribution in [1.29, 1.82) is 0 Å². The second-order valence-corrected chi connectivity index (χ2v) is 3.17. The molecule has 1 rings (SSSR count). The Bertz CT molecular complexity index is 345. The minimum atomic E-state index is -1.76. The van der Waals surface area contributed by atoms with E-state index in [0.29, 0.717) is 0 Å². The van der Waals surface area contributed by atoms with Crippen molar-refractivity contribution < 1.29 is 22.7 Å². The summed E-state index contributed by atoms with van der Waals surface area (Å²) in [5.41, 5.74) is -0.696. The van der Waals surface area contributed by atoms with Crippen LogP contribution in [0.25, 0.3) is 0 Å². The van der Waals surface area contributed by atoms with Gasteiger partial charge in [0.05, 0.1) is 0 Å². The second kappa shape index (κ2) is 3.48. The zero-order chi connectivity index (χ0) is 11.0. The highest BCUT2D eigenvalue weighted by molar-refractivity contribution is 5.34. The predicted octanol–water partition coefficient (Wildman–Crippen LogP) is 3.07. The fourth-order valence-corrected chi connectivity index (χ4v) is 1.14. The molecule has 0 saturated heterocycles. The van der Waals surface area contributed by atoms with E-state index in [0.717, 1.165) is 0 Å². The number of rotatable bonds is 1. The third kappa shape index (κ3) is 1.42. The lowest BCUT2D eigenvalue weighted by atomic mass is 10.0. The fraction of sp³-hybridized carbons (Fsp3) is 0.333. The molecule has 0 spiro atoms. The highest BCUT2D eigenvalue weighted by Crippen LogP contribution is 2.32. The molecule has 0 heterocycles. The Balaban J connectivity index is 3.60. The van der Waals surface area contributed by atoms with E-state index in [1.807, 2.05) is 0 Å². The Kier molecular flexibility index (Phi) is 2.69. The van der Waals surface area contributed by atoms with Crippen molar-refractivity contribution in [2.45, 2.75) is 19.8 Å². The van der Waals surface area contributed by atoms with Crippen molar-refractivity contribution >= 4 is 0 Å². The SMILES string of the molecule is CC(C)c1c(F)c(F)c(O)c(F)c1F. The molecule has 0 unspecified atom stereocenters. The number of aromatic hydroxyl groups is 1. The van der Waals surface area contributed by atoms with Crippen LogP contribution in [0.5, 0.6) is 5.75 Å². The number of hydrogen-bond acceptors (Lipinski definition) is 1. The van der Waals surface area contributed by atoms with Gasteiger partial charge in [-0.1, -0.05) is 13.8 Å². The Morgan fingerprint density at radius 1 is 0.857 bits per heavy atom. The van der Waals surface area contributed by atoms with Crippen LogP contribution >= 0.6 is 0 Å². The van der Waals surface area contributed by atoms with Crippen LogP contribution in [0.3, 0.4) is 0 Å². The summed E-state index contributed by atoms with van der Waals surface area (Å²) in [5, 5.41) is 8.64. The lowest BCUT2D eigenvalue weighted by Crippen LogP contribution is -2.05. The Labute approximate surface area is 78.0 Å². The van der Waals surface area contributed by atoms with Crippen molar-refractivity contribution in [2.75, 3.05) is 0 Å². The van der Waals surface area contributed by atoms with Crippen LogP contribution in [0.2, 0.25) is 0 Å². The van der Waals surface area contributed by atoms with Gasteiger partial charge in [0.25, 0.3) is 0 Å². The summed E-state index contributed by atoms with van der Waals surface area (Å²) in [7, 11) is 0. The van der Waals surface area contributed by atoms with Gasteiger partial charge < -0.3 is 5.11 Å². The van der Waals surface area contributed by atoms with E-state index in [1.54, 1.807) is 0 Å². The average Bonchev–Trinajstić information content (AvgIpc) is 2.11. The van der Waals surface area contributed by atoms with Crippen LogP contribution < -0.4 is 0 Å². The first-order valence-electron chi connectivity index (χ1n) is 3.92. The molecule has 0 bridgehead atoms. The number of halogens is 4. The largest absolute Gasteiger partial charge is 0.503 e. The molecule has 0 aromatic heterocycles. The normalized spacial score (nSPS) is 11.1. The van der Waals surface area contributed by atoms with Crippen LogP contribution in [0.15, 0.2) is 0 Å². The van der Waals surface area contributed by atoms with Gasteiger partial charge in [-0.2, -0.15) is 8.78 Å². The molecule has 0 atom stereocenters. The fourth-order valence-electron chi connectivity index (χ4n) is 1.14. The molecule has 0 amide bonds. The molecule has 0 aliphatic rings. The first kappa shape index (κ1) is 10.8. The topological polar surface area (TPSA) is 20.2 Å². The predicted molar refractivity (Wildman–Crippen MR) is 42.0 cm³/mol. The molecule has 78 valence electrons. The first-order valence-corrected chi connectivity index (χ1v) is 3.92. The first-order chi connectivity index (χ1) is 6.37. The summed E-state index contributed by atoms with van der Waals surface area (Å²) in [6.45, 7) is 2.77. The molecule has 14 heavy (non-hydrogen) atoms. The smallest absolute Gasteiger partial charge is 0.203 e. The molecular formula is C9H8F4O. The van der Waals surface area contributed by atoms with Crippen molar-refractivity contribution in [3.63, 3.8) is 0 Å². The molecular weight excluding hydrogens is 200 g/mol. The number of hydrogen-bond donors (Lipinski definition) is 1. The van der Waals surface area contributed by atoms with Gasteiger partial charge in [0, 0.05) is 5.56 Å². The minimum absolute atomic E-state index is 0.696. The summed E-state index contributed by atoms with van der Waals surface area (Å²) < 4.78 is 51.5. The van der Waals surface area contributed by atoms with Gasteiger partial charge in [0.1, 0.15) is 0 Å². The van der Waals surface area contributed by atoms with Crippen LogP contribution in [0.1, 0.15) is 25.3 Å². The van der Waals surface area contributed by atoms with Crippen LogP contribution in [-0.4, -0.2) is 5.11 Å². The zero-order valence-corrected chi connectivity index (χ0v) is 7.54. The maximum atomic E-state index is 13.0. The lowest BCUT2D eigenvalue weighted by Gasteiger charge is -2.10. The van der Waals surface area contributed by atoms with E-state index in [2.05, 4.69) is 0 Å². The molecule has 5 heteroatoms. The summed E-state index contributed by atoms with van der Waals surface area (Å²) in [4.78, 5) is 0. The maximum Gasteiger partial charge on any atom is 0.203 e. The summed E-state index contributed by atoms with van der Waals surface area (Å²) in [5.74, 6) is -8.93. The van der Waals surface area contributed by atoms with E-state index >= 15 is 0 Å². The van der Waals surface area contributed by atoms with E-state index in [4.69, 9.17) is 5.11 Å². The monoisotopic (exact) mass is 208 g/mol. The van der Waals surface area contributed by atoms with Crippen LogP contribution in [0, 0.1) is 23.3 Å². The summed E-state index contributed by atoms with van der Waals surface area (Å²) in [6.07, 6.45) is 0. The molecule has 1 aromatic carbocycles. The standard InChI is InChI=1S/C9H8F4O/c1-3(2)4-5(10)7(12)9(14)8(13)6(4)11/h3,14H,1-2H3. The quantitative estimate of drug-likeness (QED) is 0.555. The van der Waals surface area contributed by atoms with Crippen molar-refractivity contribution in [3.8, 4) is 5.75 Å². The van der Waals surface area contributed by atoms with Crippen molar-refractivity contribution in [2.24, 2.45) is 0 Å². The third-order valence-corrected chi connectivity index (χ3v) is 1.85. The molecule has 1 N–H and O–H groups in total. The number of benzene rings is 1. The highest BCUT2D eigenvalue weighted by atomic mass is 19.2. The Hall–Kier alpha value is -1.26. The molecule has 0 saturated carbocycles. The second-order valence-electron chi connectivity index (χ2n) is 3.17. The van der Waals surface area contributed by atoms with E-state index in [-0.39, 0.29) is 0 Å². The zero-order valence-electron chi connectivity index (χ0n) is 7.54. The van der Waals surface area contributed by atoms with Crippen LogP contribution in [0.4, 0.5) is 17.6 Å². The lowest BCUT2D eigenvalue weighted by molar-refractivity contribution is 0.349. The Morgan fingerprint density at radius 2 is 1.21 bits per heavy atom. The van der Waals surface area contributed by atoms with Gasteiger partial charge in [0.15, 0.2) is 17.4 Å². The van der Waals surface area contributed by atoms with Crippen molar-refractivity contribution in [1.82, 2.24) is 0 Å². The van der Waals surface area contributed by atoms with Gasteiger partial charge in [-0.15, -0.1) is 0 Å². The number of phenolic OH excluding ortho intramolecular Hbond substituents is 1. The summed E-state index contributed by atoms with van der Waals surface area (Å²) in [6, 6.07) is 0. The molecule has 0 radical (unpaired) electrons. The van der Waals surface area contributed by atoms with Gasteiger partial charge in [-0.05, 0) is 5.92 Å².